The predicted molar refractivity (Wildman–Crippen MR) is 147 cm³/mol. The van der Waals surface area contributed by atoms with Crippen molar-refractivity contribution in [2.24, 2.45) is 0 Å². The first-order valence-electron chi connectivity index (χ1n) is 12.5. The minimum absolute atomic E-state index is 0.00354. The van der Waals surface area contributed by atoms with E-state index in [1.807, 2.05) is 54.5 Å². The summed E-state index contributed by atoms with van der Waals surface area (Å²) < 4.78 is 18.2. The second-order valence-electron chi connectivity index (χ2n) is 9.59. The molecule has 0 unspecified atom stereocenters. The molecule has 2 aromatic carbocycles. The normalized spacial score (nSPS) is 14.1. The Morgan fingerprint density at radius 3 is 2.72 bits per heavy atom. The van der Waals surface area contributed by atoms with Crippen LogP contribution in [0.15, 0.2) is 65.9 Å². The molecule has 11 heteroatoms. The van der Waals surface area contributed by atoms with Crippen LogP contribution in [0.1, 0.15) is 17.0 Å². The first kappa shape index (κ1) is 24.7. The summed E-state index contributed by atoms with van der Waals surface area (Å²) in [6.07, 6.45) is 3.30. The number of aliphatic hydroxyl groups is 1. The van der Waals surface area contributed by atoms with Crippen molar-refractivity contribution in [1.29, 1.82) is 0 Å². The number of nitrogens with two attached hydrogens (primary N) is 1. The summed E-state index contributed by atoms with van der Waals surface area (Å²) in [5.41, 5.74) is 9.51. The third-order valence-corrected chi connectivity index (χ3v) is 7.07. The van der Waals surface area contributed by atoms with Gasteiger partial charge >= 0.3 is 0 Å². The van der Waals surface area contributed by atoms with Gasteiger partial charge in [0.2, 0.25) is 0 Å². The summed E-state index contributed by atoms with van der Waals surface area (Å²) in [5, 5.41) is 20.1. The minimum atomic E-state index is -0.505. The van der Waals surface area contributed by atoms with Gasteiger partial charge in [-0.25, -0.2) is 24.0 Å². The van der Waals surface area contributed by atoms with Gasteiger partial charge in [-0.1, -0.05) is 30.3 Å². The van der Waals surface area contributed by atoms with E-state index in [-0.39, 0.29) is 30.2 Å². The van der Waals surface area contributed by atoms with Gasteiger partial charge in [-0.3, -0.25) is 9.36 Å². The van der Waals surface area contributed by atoms with Gasteiger partial charge in [0.1, 0.15) is 23.7 Å². The Hall–Kier alpha value is -4.61. The molecule has 39 heavy (non-hydrogen) atoms. The van der Waals surface area contributed by atoms with Crippen LogP contribution < -0.4 is 11.3 Å². The number of hydrazine groups is 1. The summed E-state index contributed by atoms with van der Waals surface area (Å²) in [7, 11) is 1.92. The Morgan fingerprint density at radius 2 is 1.92 bits per heavy atom. The molecule has 0 aliphatic carbocycles. The molecule has 6 rings (SSSR count). The number of anilines is 1. The van der Waals surface area contributed by atoms with Crippen LogP contribution in [0.4, 0.5) is 10.2 Å². The van der Waals surface area contributed by atoms with Crippen molar-refractivity contribution in [3.63, 3.8) is 0 Å². The fraction of sp³-hybridized carbons (Fsp3) is 0.214. The highest BCUT2D eigenvalue weighted by atomic mass is 19.1. The third-order valence-electron chi connectivity index (χ3n) is 7.07. The van der Waals surface area contributed by atoms with E-state index in [0.717, 1.165) is 16.5 Å². The van der Waals surface area contributed by atoms with E-state index in [1.54, 1.807) is 22.9 Å². The zero-order valence-corrected chi connectivity index (χ0v) is 21.5. The quantitative estimate of drug-likeness (QED) is 0.347. The second-order valence-corrected chi connectivity index (χ2v) is 9.59. The molecular formula is C28H27FN8O2. The molecule has 0 fully saturated rings. The van der Waals surface area contributed by atoms with Crippen molar-refractivity contribution in [3.05, 3.63) is 94.2 Å². The number of nitrogens with zero attached hydrogens (tertiary/aromatic N) is 7. The molecule has 4 heterocycles. The van der Waals surface area contributed by atoms with Gasteiger partial charge in [-0.2, -0.15) is 5.10 Å². The summed E-state index contributed by atoms with van der Waals surface area (Å²) in [6, 6.07) is 13.7. The Bertz CT molecular complexity index is 1830. The van der Waals surface area contributed by atoms with Crippen molar-refractivity contribution in [1.82, 2.24) is 34.3 Å². The van der Waals surface area contributed by atoms with Crippen LogP contribution in [0.5, 0.6) is 0 Å². The third kappa shape index (κ3) is 4.12. The standard InChI is InChI=1S/C28H27FN8O2/c1-17-6-5-7-18-12-20(37(28(39)23(17)18)22-9-4-3-8-21(22)29)15-36-27-24(26(30)31-16-32-27)25(33-36)19-13-34(2)35(14-19)10-11-38/h3-9,12,14,16,38H,10-11,13,15H2,1-2H3,(H2,30,31,32). The van der Waals surface area contributed by atoms with Crippen LogP contribution >= 0.6 is 0 Å². The molecule has 0 spiro atoms. The maximum absolute atomic E-state index is 15.1. The number of rotatable bonds is 6. The molecule has 198 valence electrons. The summed E-state index contributed by atoms with van der Waals surface area (Å²) in [5.74, 6) is -0.222. The summed E-state index contributed by atoms with van der Waals surface area (Å²) in [4.78, 5) is 22.5. The van der Waals surface area contributed by atoms with Gasteiger partial charge in [0.25, 0.3) is 5.56 Å². The molecule has 0 saturated heterocycles. The second kappa shape index (κ2) is 9.61. The van der Waals surface area contributed by atoms with Crippen LogP contribution in [0.3, 0.4) is 0 Å². The average molecular weight is 527 g/mol. The zero-order valence-electron chi connectivity index (χ0n) is 21.5. The lowest BCUT2D eigenvalue weighted by Crippen LogP contribution is -2.33. The maximum atomic E-state index is 15.1. The maximum Gasteiger partial charge on any atom is 0.263 e. The van der Waals surface area contributed by atoms with Crippen LogP contribution in [0, 0.1) is 12.7 Å². The molecule has 1 aliphatic heterocycles. The Morgan fingerprint density at radius 1 is 1.10 bits per heavy atom. The van der Waals surface area contributed by atoms with Gasteiger partial charge in [-0.15, -0.1) is 0 Å². The lowest BCUT2D eigenvalue weighted by Gasteiger charge is -2.23. The first-order valence-corrected chi connectivity index (χ1v) is 12.5. The van der Waals surface area contributed by atoms with Crippen LogP contribution in [-0.4, -0.2) is 66.2 Å². The number of hydrogen-bond donors (Lipinski definition) is 2. The van der Waals surface area contributed by atoms with Crippen LogP contribution in [0.2, 0.25) is 0 Å². The van der Waals surface area contributed by atoms with Gasteiger partial charge < -0.3 is 15.8 Å². The highest BCUT2D eigenvalue weighted by Gasteiger charge is 2.26. The van der Waals surface area contributed by atoms with E-state index in [4.69, 9.17) is 10.8 Å². The number of nitrogen functional groups attached to an aromatic ring is 1. The number of β-amino-alcohol motifs (C(OH)–C–C–N with tert-alkyl or cyclic N) is 1. The zero-order chi connectivity index (χ0) is 27.3. The topological polar surface area (TPSA) is 118 Å². The molecule has 0 saturated carbocycles. The largest absolute Gasteiger partial charge is 0.394 e. The number of aliphatic hydroxyl groups excluding tert-OH is 1. The van der Waals surface area contributed by atoms with E-state index in [1.165, 1.54) is 17.0 Å². The molecular weight excluding hydrogens is 499 g/mol. The number of fused-ring (bicyclic) bond motifs is 2. The molecule has 5 aromatic rings. The molecule has 0 bridgehead atoms. The van der Waals surface area contributed by atoms with Gasteiger partial charge in [0.15, 0.2) is 5.65 Å². The Kier molecular flexibility index (Phi) is 6.09. The Labute approximate surface area is 223 Å². The monoisotopic (exact) mass is 526 g/mol. The lowest BCUT2D eigenvalue weighted by molar-refractivity contribution is 0.0642. The van der Waals surface area contributed by atoms with E-state index in [0.29, 0.717) is 40.9 Å². The average Bonchev–Trinajstić information content (AvgIpc) is 3.46. The van der Waals surface area contributed by atoms with Crippen molar-refractivity contribution in [2.45, 2.75) is 13.5 Å². The summed E-state index contributed by atoms with van der Waals surface area (Å²) >= 11 is 0. The van der Waals surface area contributed by atoms with E-state index >= 15 is 4.39 Å². The van der Waals surface area contributed by atoms with E-state index in [2.05, 4.69) is 9.97 Å². The molecule has 0 amide bonds. The molecule has 0 atom stereocenters. The number of likely N-dealkylation sites (N-methyl/N-ethyl adjacent to an activating group) is 1. The first-order chi connectivity index (χ1) is 18.9. The van der Waals surface area contributed by atoms with Crippen LogP contribution in [0.25, 0.3) is 33.1 Å². The minimum Gasteiger partial charge on any atom is -0.394 e. The molecule has 1 aliphatic rings. The van der Waals surface area contributed by atoms with E-state index < -0.39 is 5.82 Å². The van der Waals surface area contributed by atoms with Crippen LogP contribution in [-0.2, 0) is 6.54 Å². The number of benzene rings is 2. The van der Waals surface area contributed by atoms with Gasteiger partial charge in [-0.05, 0) is 36.1 Å². The Balaban J connectivity index is 1.56. The number of pyridine rings is 1. The SMILES string of the molecule is Cc1cccc2cc(Cn3nc(C4=CN(CCO)N(C)C4)c4c(N)ncnc43)n(-c3ccccc3F)c(=O)c12. The number of halogens is 1. The fourth-order valence-electron chi connectivity index (χ4n) is 5.25. The van der Waals surface area contributed by atoms with Gasteiger partial charge in [0, 0.05) is 31.1 Å². The highest BCUT2D eigenvalue weighted by molar-refractivity contribution is 5.96. The highest BCUT2D eigenvalue weighted by Crippen LogP contribution is 2.31. The molecule has 3 aromatic heterocycles. The number of para-hydroxylation sites is 1. The van der Waals surface area contributed by atoms with Crippen molar-refractivity contribution >= 4 is 33.2 Å². The summed E-state index contributed by atoms with van der Waals surface area (Å²) in [6.45, 7) is 2.99. The molecule has 0 radical (unpaired) electrons. The lowest BCUT2D eigenvalue weighted by atomic mass is 10.1. The predicted octanol–water partition coefficient (Wildman–Crippen LogP) is 2.70. The number of aromatic nitrogens is 5. The number of hydrogen-bond acceptors (Lipinski definition) is 8. The smallest absolute Gasteiger partial charge is 0.263 e. The van der Waals surface area contributed by atoms with Crippen molar-refractivity contribution in [3.8, 4) is 5.69 Å². The van der Waals surface area contributed by atoms with Crippen molar-refractivity contribution < 1.29 is 9.50 Å². The number of aryl methyl sites for hydroxylation is 1. The van der Waals surface area contributed by atoms with E-state index in [9.17, 15) is 9.90 Å². The van der Waals surface area contributed by atoms with Crippen molar-refractivity contribution in [2.75, 3.05) is 32.5 Å². The van der Waals surface area contributed by atoms with Gasteiger partial charge in [0.05, 0.1) is 36.2 Å². The fourth-order valence-corrected chi connectivity index (χ4v) is 5.25. The molecule has 10 nitrogen and oxygen atoms in total. The molecule has 3 N–H and O–H groups in total.